The van der Waals surface area contributed by atoms with Crippen molar-refractivity contribution < 1.29 is 111 Å². The van der Waals surface area contributed by atoms with Crippen LogP contribution in [0.4, 0.5) is 0 Å². The summed E-state index contributed by atoms with van der Waals surface area (Å²) in [6.07, 6.45) is 42.8. The van der Waals surface area contributed by atoms with E-state index in [-0.39, 0.29) is 103 Å². The monoisotopic (exact) mass is 2020 g/mol. The topological polar surface area (TPSA) is 322 Å². The van der Waals surface area contributed by atoms with E-state index in [2.05, 4.69) is 73.4 Å². The number of esters is 2. The van der Waals surface area contributed by atoms with E-state index < -0.39 is 18.9 Å². The molecule has 136 heavy (non-hydrogen) atoms. The number of hydrogen-bond donors (Lipinski definition) is 5. The molecule has 25 heteroatoms. The van der Waals surface area contributed by atoms with Gasteiger partial charge < -0.3 is 77.6 Å². The Labute approximate surface area is 830 Å². The van der Waals surface area contributed by atoms with E-state index in [0.29, 0.717) is 75.8 Å². The average molecular weight is 2030 g/mol. The molecule has 0 aliphatic heterocycles. The van der Waals surface area contributed by atoms with Crippen molar-refractivity contribution in [2.45, 2.75) is 288 Å². The normalized spacial score (nSPS) is 15.1. The number of aliphatic carboxylic acids is 1. The van der Waals surface area contributed by atoms with E-state index in [1.165, 1.54) is 107 Å². The van der Waals surface area contributed by atoms with Gasteiger partial charge in [0, 0.05) is 23.3 Å². The first-order valence-corrected chi connectivity index (χ1v) is 51.8. The molecule has 0 bridgehead atoms. The predicted molar refractivity (Wildman–Crippen MR) is 552 cm³/mol. The van der Waals surface area contributed by atoms with Crippen LogP contribution >= 0.6 is 31.9 Å². The molecule has 4 aliphatic carbocycles. The number of carbonyl (C=O) groups is 7. The fraction of sp³-hybridized carbons (Fsp3) is 0.577. The Morgan fingerprint density at radius 2 is 0.618 bits per heavy atom. The van der Waals surface area contributed by atoms with Crippen molar-refractivity contribution in [2.24, 2.45) is 41.4 Å². The molecule has 760 valence electrons. The maximum atomic E-state index is 13.0. The van der Waals surface area contributed by atoms with Crippen LogP contribution in [0, 0.1) is 41.4 Å². The highest BCUT2D eigenvalue weighted by molar-refractivity contribution is 9.09. The molecule has 4 saturated carbocycles. The minimum Gasteiger partial charge on any atom is -0.508 e. The van der Waals surface area contributed by atoms with Crippen molar-refractivity contribution in [3.63, 3.8) is 0 Å². The van der Waals surface area contributed by atoms with Gasteiger partial charge in [-0.2, -0.15) is 0 Å². The van der Waals surface area contributed by atoms with Gasteiger partial charge in [-0.25, -0.2) is 4.79 Å². The molecule has 9 rings (SSSR count). The molecule has 0 saturated heterocycles. The third-order valence-corrected chi connectivity index (χ3v) is 22.8. The summed E-state index contributed by atoms with van der Waals surface area (Å²) in [7, 11) is 0. The van der Waals surface area contributed by atoms with E-state index in [4.69, 9.17) is 77.6 Å². The first-order valence-electron chi connectivity index (χ1n) is 49.6. The SMILES string of the molecule is CC.CC.CC(C)COC(C)OCC(=O)/C=C/c1ccc(O)cc1.CC(C)COC(C)OCC(=O)/C=C/c1ccc(OCCCBr)cc1.CC(C)COC(C)OCC(=O)/C=C/c1ccc(OCCCC[C@H](C(=O)OC2CCCC2)C2CCCCC2)cc1.O=C(/C=C/c1ccc(OCCCC[C@H](C(=O)OC2CCCC2)C2CCCCC2)cc1)CO.O=C(O)/C=C/c1ccc(O)cc1.OCCCBr. The molecule has 3 unspecified atom stereocenters. The zero-order valence-corrected chi connectivity index (χ0v) is 86.8. The number of carboxylic acids is 1. The van der Waals surface area contributed by atoms with E-state index in [0.717, 1.165) is 165 Å². The predicted octanol–water partition coefficient (Wildman–Crippen LogP) is 24.8. The second kappa shape index (κ2) is 79.3. The molecule has 4 aliphatic rings. The van der Waals surface area contributed by atoms with Gasteiger partial charge in [0.25, 0.3) is 0 Å². The maximum absolute atomic E-state index is 13.0. The Morgan fingerprint density at radius 3 is 0.882 bits per heavy atom. The summed E-state index contributed by atoms with van der Waals surface area (Å²) < 4.78 is 61.7. The van der Waals surface area contributed by atoms with Crippen molar-refractivity contribution in [1.29, 1.82) is 0 Å². The molecule has 0 amide bonds. The molecular weight excluding hydrogens is 1860 g/mol. The lowest BCUT2D eigenvalue weighted by Gasteiger charge is -2.29. The van der Waals surface area contributed by atoms with Gasteiger partial charge in [-0.3, -0.25) is 28.8 Å². The van der Waals surface area contributed by atoms with Crippen LogP contribution in [0.1, 0.15) is 285 Å². The highest BCUT2D eigenvalue weighted by Crippen LogP contribution is 2.37. The number of halogens is 2. The van der Waals surface area contributed by atoms with Crippen LogP contribution < -0.4 is 14.2 Å². The molecule has 0 heterocycles. The number of rotatable bonds is 53. The molecule has 4 fully saturated rings. The lowest BCUT2D eigenvalue weighted by Crippen LogP contribution is -2.30. The highest BCUT2D eigenvalue weighted by Gasteiger charge is 2.34. The smallest absolute Gasteiger partial charge is 0.328 e. The minimum absolute atomic E-state index is 0.00311. The third kappa shape index (κ3) is 63.2. The van der Waals surface area contributed by atoms with Gasteiger partial charge in [-0.15, -0.1) is 0 Å². The van der Waals surface area contributed by atoms with E-state index >= 15 is 0 Å². The molecule has 5 aromatic rings. The fourth-order valence-electron chi connectivity index (χ4n) is 14.3. The van der Waals surface area contributed by atoms with Crippen LogP contribution in [-0.4, -0.2) is 181 Å². The van der Waals surface area contributed by atoms with Gasteiger partial charge in [-0.1, -0.05) is 225 Å². The summed E-state index contributed by atoms with van der Waals surface area (Å²) in [5.74, 6) is 3.64. The van der Waals surface area contributed by atoms with Crippen LogP contribution in [0.5, 0.6) is 28.7 Å². The van der Waals surface area contributed by atoms with Crippen LogP contribution in [0.2, 0.25) is 0 Å². The quantitative estimate of drug-likeness (QED) is 0.00794. The van der Waals surface area contributed by atoms with Gasteiger partial charge >= 0.3 is 17.9 Å². The van der Waals surface area contributed by atoms with Crippen LogP contribution in [0.3, 0.4) is 0 Å². The zero-order valence-electron chi connectivity index (χ0n) is 83.7. The average Bonchev–Trinajstić information content (AvgIpc) is 1.24. The summed E-state index contributed by atoms with van der Waals surface area (Å²) in [5, 5.41) is 45.0. The number of unbranched alkanes of at least 4 members (excludes halogenated alkanes) is 2. The Kier molecular flexibility index (Phi) is 72.1. The number of carbonyl (C=O) groups excluding carboxylic acids is 6. The van der Waals surface area contributed by atoms with Gasteiger partial charge in [-0.05, 0) is 298 Å². The van der Waals surface area contributed by atoms with Gasteiger partial charge in [0.1, 0.15) is 67.4 Å². The van der Waals surface area contributed by atoms with E-state index in [1.807, 2.05) is 100 Å². The fourth-order valence-corrected chi connectivity index (χ4v) is 14.8. The van der Waals surface area contributed by atoms with Gasteiger partial charge in [0.05, 0.1) is 51.5 Å². The van der Waals surface area contributed by atoms with E-state index in [9.17, 15) is 33.6 Å². The second-order valence-corrected chi connectivity index (χ2v) is 36.4. The van der Waals surface area contributed by atoms with Crippen molar-refractivity contribution in [1.82, 2.24) is 0 Å². The first kappa shape index (κ1) is 124. The second-order valence-electron chi connectivity index (χ2n) is 34.8. The standard InChI is InChI=1S/C33H50O6.C27H38O5.C19H27BrO4.C16H22O4.C9H8O3.C3H7BrO.2C2H6/c1-25(2)23-37-26(3)38-24-29(34)19-16-27-17-20-30(21-18-27)36-22-10-9-15-32(28-11-5-4-6-12-28)33(35)39-31-13-7-8-14-31;28-20-23(29)16-13-21-14-17-24(18-15-21)31-19-7-6-12-26(22-8-2-1-3-9-22)27(30)32-25-10-4-5-11-25;1-15(2)13-23-16(3)24-14-18(21)8-5-17-6-9-19(10-7-17)22-12-4-11-20;1-12(2)10-19-13(3)20-11-16(18)9-6-14-4-7-15(17)8-5-14;10-8-4-1-7(2-5-8)3-6-9(11)12;4-2-1-3-5;2*1-2/h16-21,25-26,28,31-32H,4-15,22-24H2,1-3H3;13-18,22,25-26,28H,1-12,19-20H2;5-10,15-16H,4,11-14H2,1-3H3;4-9,12-13,17H,10-11H2,1-3H3;1-6,10H,(H,11,12);5H,1-3H2;2*1-2H3/b19-16+;16-13+;8-5+;9-6+;6-3+;;;/t26?,32-;26-;;;;;;/m00....../s1. The van der Waals surface area contributed by atoms with Crippen molar-refractivity contribution >= 4 is 103 Å². The first-order chi connectivity index (χ1) is 65.6. The lowest BCUT2D eigenvalue weighted by molar-refractivity contribution is -0.157. The summed E-state index contributed by atoms with van der Waals surface area (Å²) in [6.45, 7) is 29.4. The Hall–Kier alpha value is -8.47. The molecule has 0 radical (unpaired) electrons. The van der Waals surface area contributed by atoms with Gasteiger partial charge in [0.2, 0.25) is 0 Å². The summed E-state index contributed by atoms with van der Waals surface area (Å²) in [5.41, 5.74) is 4.35. The Morgan fingerprint density at radius 1 is 0.346 bits per heavy atom. The molecule has 5 N–H and O–H groups in total. The van der Waals surface area contributed by atoms with E-state index in [1.54, 1.807) is 81.5 Å². The molecule has 0 aromatic heterocycles. The number of carboxylic acid groups (broad SMARTS) is 1. The zero-order chi connectivity index (χ0) is 100. The molecule has 5 aromatic carbocycles. The number of phenolic OH excluding ortho intramolecular Hbond substituents is 2. The number of aliphatic hydroxyl groups is 2. The van der Waals surface area contributed by atoms with Gasteiger partial charge in [0.15, 0.2) is 42.0 Å². The summed E-state index contributed by atoms with van der Waals surface area (Å²) >= 11 is 6.52. The Bertz CT molecular complexity index is 4060. The largest absolute Gasteiger partial charge is 0.508 e. The number of ketones is 4. The number of alkyl halides is 2. The summed E-state index contributed by atoms with van der Waals surface area (Å²) in [6, 6.07) is 35.8. The molecule has 23 nitrogen and oxygen atoms in total. The Balaban J connectivity index is 0.000000584. The number of benzene rings is 5. The third-order valence-electron chi connectivity index (χ3n) is 21.6. The van der Waals surface area contributed by atoms with Crippen molar-refractivity contribution in [3.8, 4) is 28.7 Å². The summed E-state index contributed by atoms with van der Waals surface area (Å²) in [4.78, 5) is 82.7. The van der Waals surface area contributed by atoms with Crippen LogP contribution in [-0.2, 0) is 71.5 Å². The molecule has 5 atom stereocenters. The van der Waals surface area contributed by atoms with Crippen LogP contribution in [0.15, 0.2) is 152 Å². The lowest BCUT2D eigenvalue weighted by atomic mass is 9.78. The number of ether oxygens (including phenoxy) is 11. The number of aliphatic hydroxyl groups excluding tert-OH is 2. The minimum atomic E-state index is -0.983. The highest BCUT2D eigenvalue weighted by atomic mass is 79.9. The van der Waals surface area contributed by atoms with Crippen molar-refractivity contribution in [3.05, 3.63) is 180 Å². The molecule has 0 spiro atoms. The van der Waals surface area contributed by atoms with Crippen LogP contribution in [0.25, 0.3) is 30.4 Å². The number of hydrogen-bond acceptors (Lipinski definition) is 22. The maximum Gasteiger partial charge on any atom is 0.328 e. The number of phenols is 2. The van der Waals surface area contributed by atoms with Crippen molar-refractivity contribution in [2.75, 3.05) is 83.3 Å². The number of aromatic hydroxyl groups is 2. The molecular formula is C111H164Br2O23.